The summed E-state index contributed by atoms with van der Waals surface area (Å²) in [6.45, 7) is 3.82. The van der Waals surface area contributed by atoms with Gasteiger partial charge in [-0.05, 0) is 45.5 Å². The third-order valence-electron chi connectivity index (χ3n) is 2.37. The molecule has 0 aliphatic carbocycles. The summed E-state index contributed by atoms with van der Waals surface area (Å²) in [6.07, 6.45) is 0.490. The standard InChI is InChI=1S/C12H14BrFO2/c1-7(2)9-5-8(3-4-11(15)16)6-10(13)12(9)14/h5-7H,3-4H2,1-2H3,(H,15,16). The molecule has 0 saturated heterocycles. The highest BCUT2D eigenvalue weighted by Crippen LogP contribution is 2.27. The summed E-state index contributed by atoms with van der Waals surface area (Å²) in [7, 11) is 0. The van der Waals surface area contributed by atoms with E-state index in [1.54, 1.807) is 12.1 Å². The first-order chi connectivity index (χ1) is 7.41. The van der Waals surface area contributed by atoms with E-state index >= 15 is 0 Å². The van der Waals surface area contributed by atoms with Gasteiger partial charge >= 0.3 is 5.97 Å². The summed E-state index contributed by atoms with van der Waals surface area (Å²) < 4.78 is 14.1. The molecular weight excluding hydrogens is 275 g/mol. The second-order valence-corrected chi connectivity index (χ2v) is 4.88. The van der Waals surface area contributed by atoms with Gasteiger partial charge in [0.2, 0.25) is 0 Å². The molecule has 0 atom stereocenters. The zero-order chi connectivity index (χ0) is 12.3. The highest BCUT2D eigenvalue weighted by molar-refractivity contribution is 9.10. The third-order valence-corrected chi connectivity index (χ3v) is 2.94. The lowest BCUT2D eigenvalue weighted by Crippen LogP contribution is -2.01. The second kappa shape index (κ2) is 5.43. The predicted molar refractivity (Wildman–Crippen MR) is 64.1 cm³/mol. The van der Waals surface area contributed by atoms with Gasteiger partial charge in [0.25, 0.3) is 0 Å². The maximum atomic E-state index is 13.7. The zero-order valence-electron chi connectivity index (χ0n) is 9.26. The van der Waals surface area contributed by atoms with Gasteiger partial charge in [-0.1, -0.05) is 19.9 Å². The Morgan fingerprint density at radius 3 is 2.62 bits per heavy atom. The lowest BCUT2D eigenvalue weighted by Gasteiger charge is -2.11. The lowest BCUT2D eigenvalue weighted by atomic mass is 9.98. The van der Waals surface area contributed by atoms with E-state index in [0.29, 0.717) is 16.5 Å². The van der Waals surface area contributed by atoms with Crippen LogP contribution in [0.15, 0.2) is 16.6 Å². The van der Waals surface area contributed by atoms with E-state index in [1.807, 2.05) is 13.8 Å². The number of aryl methyl sites for hydroxylation is 1. The fraction of sp³-hybridized carbons (Fsp3) is 0.417. The van der Waals surface area contributed by atoms with Crippen molar-refractivity contribution in [1.82, 2.24) is 0 Å². The van der Waals surface area contributed by atoms with Crippen LogP contribution in [0.1, 0.15) is 37.3 Å². The summed E-state index contributed by atoms with van der Waals surface area (Å²) in [5.41, 5.74) is 1.47. The molecule has 0 bridgehead atoms. The summed E-state index contributed by atoms with van der Waals surface area (Å²) in [6, 6.07) is 3.39. The molecule has 16 heavy (non-hydrogen) atoms. The number of aliphatic carboxylic acids is 1. The first kappa shape index (κ1) is 13.2. The number of carboxylic acids is 1. The summed E-state index contributed by atoms with van der Waals surface area (Å²) in [5, 5.41) is 8.59. The first-order valence-corrected chi connectivity index (χ1v) is 5.90. The third kappa shape index (κ3) is 3.30. The Kier molecular flexibility index (Phi) is 4.47. The maximum Gasteiger partial charge on any atom is 0.303 e. The summed E-state index contributed by atoms with van der Waals surface area (Å²) in [4.78, 5) is 10.5. The highest BCUT2D eigenvalue weighted by Gasteiger charge is 2.12. The van der Waals surface area contributed by atoms with Crippen molar-refractivity contribution in [3.05, 3.63) is 33.5 Å². The van der Waals surface area contributed by atoms with Crippen molar-refractivity contribution in [3.63, 3.8) is 0 Å². The molecule has 0 amide bonds. The molecule has 1 rings (SSSR count). The van der Waals surface area contributed by atoms with Crippen LogP contribution in [-0.4, -0.2) is 11.1 Å². The van der Waals surface area contributed by atoms with Gasteiger partial charge in [0, 0.05) is 6.42 Å². The Labute approximate surface area is 103 Å². The number of carbonyl (C=O) groups is 1. The Morgan fingerprint density at radius 1 is 1.50 bits per heavy atom. The Bertz CT molecular complexity index is 402. The molecule has 88 valence electrons. The van der Waals surface area contributed by atoms with E-state index in [2.05, 4.69) is 15.9 Å². The molecule has 0 saturated carbocycles. The van der Waals surface area contributed by atoms with E-state index in [1.165, 1.54) is 0 Å². The van der Waals surface area contributed by atoms with Gasteiger partial charge in [0.15, 0.2) is 0 Å². The normalized spacial score (nSPS) is 10.8. The largest absolute Gasteiger partial charge is 0.481 e. The van der Waals surface area contributed by atoms with Crippen LogP contribution >= 0.6 is 15.9 Å². The topological polar surface area (TPSA) is 37.3 Å². The second-order valence-electron chi connectivity index (χ2n) is 4.03. The fourth-order valence-corrected chi connectivity index (χ4v) is 2.01. The zero-order valence-corrected chi connectivity index (χ0v) is 10.8. The van der Waals surface area contributed by atoms with E-state index in [9.17, 15) is 9.18 Å². The van der Waals surface area contributed by atoms with E-state index < -0.39 is 5.97 Å². The number of halogens is 2. The highest BCUT2D eigenvalue weighted by atomic mass is 79.9. The smallest absolute Gasteiger partial charge is 0.303 e. The molecule has 4 heteroatoms. The summed E-state index contributed by atoms with van der Waals surface area (Å²) >= 11 is 3.15. The van der Waals surface area contributed by atoms with Crippen LogP contribution in [0.5, 0.6) is 0 Å². The summed E-state index contributed by atoms with van der Waals surface area (Å²) in [5.74, 6) is -1.01. The number of hydrogen-bond donors (Lipinski definition) is 1. The SMILES string of the molecule is CC(C)c1cc(CCC(=O)O)cc(Br)c1F. The fourth-order valence-electron chi connectivity index (χ4n) is 1.48. The maximum absolute atomic E-state index is 13.7. The molecule has 1 aromatic rings. The molecule has 1 N–H and O–H groups in total. The molecule has 0 unspecified atom stereocenters. The molecule has 0 fully saturated rings. The van der Waals surface area contributed by atoms with Crippen molar-refractivity contribution in [2.45, 2.75) is 32.6 Å². The van der Waals surface area contributed by atoms with Crippen molar-refractivity contribution < 1.29 is 14.3 Å². The van der Waals surface area contributed by atoms with Crippen LogP contribution in [0.3, 0.4) is 0 Å². The molecule has 0 heterocycles. The van der Waals surface area contributed by atoms with Gasteiger partial charge in [-0.2, -0.15) is 0 Å². The van der Waals surface area contributed by atoms with Crippen LogP contribution in [0, 0.1) is 5.82 Å². The van der Waals surface area contributed by atoms with E-state index in [0.717, 1.165) is 5.56 Å². The van der Waals surface area contributed by atoms with Crippen molar-refractivity contribution in [1.29, 1.82) is 0 Å². The molecule has 0 aromatic heterocycles. The first-order valence-electron chi connectivity index (χ1n) is 5.11. The molecule has 1 aromatic carbocycles. The van der Waals surface area contributed by atoms with Crippen molar-refractivity contribution in [2.75, 3.05) is 0 Å². The van der Waals surface area contributed by atoms with E-state index in [-0.39, 0.29) is 18.2 Å². The predicted octanol–water partition coefficient (Wildman–Crippen LogP) is 3.73. The number of rotatable bonds is 4. The van der Waals surface area contributed by atoms with Crippen LogP contribution in [0.4, 0.5) is 4.39 Å². The quantitative estimate of drug-likeness (QED) is 0.917. The minimum absolute atomic E-state index is 0.0651. The van der Waals surface area contributed by atoms with E-state index in [4.69, 9.17) is 5.11 Å². The molecule has 0 spiro atoms. The average Bonchev–Trinajstić information content (AvgIpc) is 2.19. The van der Waals surface area contributed by atoms with Crippen LogP contribution < -0.4 is 0 Å². The number of benzene rings is 1. The average molecular weight is 289 g/mol. The van der Waals surface area contributed by atoms with Crippen LogP contribution in [-0.2, 0) is 11.2 Å². The van der Waals surface area contributed by atoms with Crippen LogP contribution in [0.25, 0.3) is 0 Å². The molecular formula is C12H14BrFO2. The lowest BCUT2D eigenvalue weighted by molar-refractivity contribution is -0.136. The molecule has 2 nitrogen and oxygen atoms in total. The Hall–Kier alpha value is -0.900. The minimum Gasteiger partial charge on any atom is -0.481 e. The van der Waals surface area contributed by atoms with Gasteiger partial charge in [0.1, 0.15) is 5.82 Å². The van der Waals surface area contributed by atoms with Gasteiger partial charge in [0.05, 0.1) is 4.47 Å². The number of hydrogen-bond acceptors (Lipinski definition) is 1. The van der Waals surface area contributed by atoms with Crippen molar-refractivity contribution in [2.24, 2.45) is 0 Å². The van der Waals surface area contributed by atoms with Gasteiger partial charge < -0.3 is 5.11 Å². The molecule has 0 aliphatic rings. The van der Waals surface area contributed by atoms with Gasteiger partial charge in [-0.3, -0.25) is 4.79 Å². The van der Waals surface area contributed by atoms with Crippen LogP contribution in [0.2, 0.25) is 0 Å². The Balaban J connectivity index is 2.99. The minimum atomic E-state index is -0.841. The monoisotopic (exact) mass is 288 g/mol. The Morgan fingerprint density at radius 2 is 2.12 bits per heavy atom. The number of carboxylic acid groups (broad SMARTS) is 1. The van der Waals surface area contributed by atoms with Gasteiger partial charge in [-0.15, -0.1) is 0 Å². The van der Waals surface area contributed by atoms with Crippen molar-refractivity contribution in [3.8, 4) is 0 Å². The molecule has 0 aliphatic heterocycles. The van der Waals surface area contributed by atoms with Crippen molar-refractivity contribution >= 4 is 21.9 Å². The molecule has 0 radical (unpaired) electrons. The van der Waals surface area contributed by atoms with Gasteiger partial charge in [-0.25, -0.2) is 4.39 Å².